The zero-order valence-electron chi connectivity index (χ0n) is 20.8. The number of carbonyl (C=O) groups excluding carboxylic acids is 2. The number of amides is 2. The molecule has 0 radical (unpaired) electrons. The monoisotopic (exact) mass is 468 g/mol. The topological polar surface area (TPSA) is 49.4 Å². The number of hydrogen-bond donors (Lipinski definition) is 1. The van der Waals surface area contributed by atoms with E-state index in [4.69, 9.17) is 0 Å². The van der Waals surface area contributed by atoms with Gasteiger partial charge >= 0.3 is 0 Å². The third-order valence-corrected chi connectivity index (χ3v) is 7.09. The number of aryl methyl sites for hydroxylation is 1. The minimum atomic E-state index is -0.546. The van der Waals surface area contributed by atoms with Gasteiger partial charge in [0.25, 0.3) is 0 Å². The van der Waals surface area contributed by atoms with Crippen molar-refractivity contribution in [2.24, 2.45) is 0 Å². The fraction of sp³-hybridized carbons (Fsp3) is 0.355. The van der Waals surface area contributed by atoms with Crippen LogP contribution in [-0.2, 0) is 16.1 Å². The molecule has 0 bridgehead atoms. The molecule has 1 aliphatic rings. The van der Waals surface area contributed by atoms with E-state index in [0.717, 1.165) is 47.9 Å². The normalized spacial score (nSPS) is 14.6. The van der Waals surface area contributed by atoms with Crippen LogP contribution in [0.15, 0.2) is 84.9 Å². The second-order valence-electron chi connectivity index (χ2n) is 9.75. The van der Waals surface area contributed by atoms with Crippen molar-refractivity contribution in [1.82, 2.24) is 10.2 Å². The molecule has 1 saturated carbocycles. The van der Waals surface area contributed by atoms with E-state index in [0.29, 0.717) is 13.0 Å². The van der Waals surface area contributed by atoms with E-state index in [1.165, 1.54) is 0 Å². The molecular weight excluding hydrogens is 432 g/mol. The highest BCUT2D eigenvalue weighted by molar-refractivity contribution is 5.88. The third kappa shape index (κ3) is 6.60. The van der Waals surface area contributed by atoms with Crippen molar-refractivity contribution in [2.75, 3.05) is 0 Å². The van der Waals surface area contributed by atoms with Crippen LogP contribution in [0.25, 0.3) is 0 Å². The molecule has 0 aliphatic heterocycles. The highest BCUT2D eigenvalue weighted by Gasteiger charge is 2.30. The standard InChI is InChI=1S/C31H36N2O2/c1-23-12-11-13-25(20-23)22-33(24(2)31(35)32-28-18-9-10-19-28)30(34)21-29(26-14-5-3-6-15-26)27-16-7-4-8-17-27/h3-8,11-17,20,24,28-29H,9-10,18-19,21-22H2,1-2H3,(H,32,35). The van der Waals surface area contributed by atoms with Crippen molar-refractivity contribution in [3.05, 3.63) is 107 Å². The van der Waals surface area contributed by atoms with E-state index >= 15 is 0 Å². The minimum absolute atomic E-state index is 0.0155. The van der Waals surface area contributed by atoms with Gasteiger partial charge in [0.05, 0.1) is 0 Å². The maximum absolute atomic E-state index is 13.9. The Morgan fingerprint density at radius 1 is 0.886 bits per heavy atom. The van der Waals surface area contributed by atoms with Crippen LogP contribution in [-0.4, -0.2) is 28.8 Å². The molecule has 1 aliphatic carbocycles. The van der Waals surface area contributed by atoms with E-state index in [1.807, 2.05) is 68.4 Å². The van der Waals surface area contributed by atoms with Crippen LogP contribution in [0.4, 0.5) is 0 Å². The summed E-state index contributed by atoms with van der Waals surface area (Å²) in [5.41, 5.74) is 4.38. The molecule has 4 rings (SSSR count). The van der Waals surface area contributed by atoms with Crippen molar-refractivity contribution >= 4 is 11.8 Å². The number of benzene rings is 3. The van der Waals surface area contributed by atoms with E-state index < -0.39 is 6.04 Å². The first-order valence-electron chi connectivity index (χ1n) is 12.8. The summed E-state index contributed by atoms with van der Waals surface area (Å²) in [5.74, 6) is -0.151. The fourth-order valence-corrected chi connectivity index (χ4v) is 5.07. The lowest BCUT2D eigenvalue weighted by atomic mass is 9.88. The molecule has 4 heteroatoms. The van der Waals surface area contributed by atoms with Gasteiger partial charge in [-0.3, -0.25) is 9.59 Å². The molecule has 0 saturated heterocycles. The lowest BCUT2D eigenvalue weighted by Crippen LogP contribution is -2.49. The fourth-order valence-electron chi connectivity index (χ4n) is 5.07. The van der Waals surface area contributed by atoms with Gasteiger partial charge in [0.2, 0.25) is 11.8 Å². The van der Waals surface area contributed by atoms with Gasteiger partial charge < -0.3 is 10.2 Å². The summed E-state index contributed by atoms with van der Waals surface area (Å²) < 4.78 is 0. The van der Waals surface area contributed by atoms with Gasteiger partial charge in [0.15, 0.2) is 0 Å². The summed E-state index contributed by atoms with van der Waals surface area (Å²) in [7, 11) is 0. The van der Waals surface area contributed by atoms with Crippen LogP contribution in [0.5, 0.6) is 0 Å². The predicted molar refractivity (Wildman–Crippen MR) is 141 cm³/mol. The Morgan fingerprint density at radius 3 is 2.06 bits per heavy atom. The van der Waals surface area contributed by atoms with Gasteiger partial charge in [0, 0.05) is 24.9 Å². The first-order chi connectivity index (χ1) is 17.0. The number of nitrogens with one attached hydrogen (secondary N) is 1. The maximum Gasteiger partial charge on any atom is 0.242 e. The first-order valence-corrected chi connectivity index (χ1v) is 12.8. The average molecular weight is 469 g/mol. The lowest BCUT2D eigenvalue weighted by Gasteiger charge is -2.31. The molecule has 2 amide bonds. The summed E-state index contributed by atoms with van der Waals surface area (Å²) in [5, 5.41) is 3.20. The van der Waals surface area contributed by atoms with Gasteiger partial charge in [-0.2, -0.15) is 0 Å². The Labute approximate surface area is 209 Å². The predicted octanol–water partition coefficient (Wildman–Crippen LogP) is 5.99. The van der Waals surface area contributed by atoms with Crippen molar-refractivity contribution in [3.63, 3.8) is 0 Å². The molecule has 3 aromatic carbocycles. The number of carbonyl (C=O) groups is 2. The SMILES string of the molecule is Cc1cccc(CN(C(=O)CC(c2ccccc2)c2ccccc2)C(C)C(=O)NC2CCCC2)c1. The lowest BCUT2D eigenvalue weighted by molar-refractivity contribution is -0.141. The number of rotatable bonds is 9. The molecule has 0 heterocycles. The van der Waals surface area contributed by atoms with Crippen LogP contribution in [0.1, 0.15) is 67.2 Å². The second-order valence-corrected chi connectivity index (χ2v) is 9.75. The van der Waals surface area contributed by atoms with Crippen molar-refractivity contribution in [2.45, 2.75) is 70.5 Å². The largest absolute Gasteiger partial charge is 0.352 e. The summed E-state index contributed by atoms with van der Waals surface area (Å²) in [6.07, 6.45) is 4.66. The molecule has 182 valence electrons. The summed E-state index contributed by atoms with van der Waals surface area (Å²) in [6, 6.07) is 28.2. The molecule has 0 spiro atoms. The van der Waals surface area contributed by atoms with E-state index in [1.54, 1.807) is 4.90 Å². The smallest absolute Gasteiger partial charge is 0.242 e. The molecule has 1 fully saturated rings. The molecule has 1 N–H and O–H groups in total. The zero-order valence-corrected chi connectivity index (χ0v) is 20.8. The van der Waals surface area contributed by atoms with Gasteiger partial charge in [-0.1, -0.05) is 103 Å². The Kier molecular flexibility index (Phi) is 8.36. The third-order valence-electron chi connectivity index (χ3n) is 7.09. The molecule has 1 unspecified atom stereocenters. The highest BCUT2D eigenvalue weighted by Crippen LogP contribution is 2.29. The molecular formula is C31H36N2O2. The van der Waals surface area contributed by atoms with Crippen LogP contribution < -0.4 is 5.32 Å². The summed E-state index contributed by atoms with van der Waals surface area (Å²) in [6.45, 7) is 4.32. The highest BCUT2D eigenvalue weighted by atomic mass is 16.2. The van der Waals surface area contributed by atoms with Gasteiger partial charge in [-0.25, -0.2) is 0 Å². The van der Waals surface area contributed by atoms with Crippen LogP contribution in [0.3, 0.4) is 0 Å². The van der Waals surface area contributed by atoms with Gasteiger partial charge in [-0.05, 0) is 43.4 Å². The van der Waals surface area contributed by atoms with E-state index in [2.05, 4.69) is 35.6 Å². The van der Waals surface area contributed by atoms with Crippen LogP contribution >= 0.6 is 0 Å². The van der Waals surface area contributed by atoms with Gasteiger partial charge in [0.1, 0.15) is 6.04 Å². The molecule has 1 atom stereocenters. The van der Waals surface area contributed by atoms with E-state index in [9.17, 15) is 9.59 Å². The van der Waals surface area contributed by atoms with E-state index in [-0.39, 0.29) is 23.8 Å². The minimum Gasteiger partial charge on any atom is -0.352 e. The second kappa shape index (κ2) is 11.8. The molecule has 0 aromatic heterocycles. The summed E-state index contributed by atoms with van der Waals surface area (Å²) in [4.78, 5) is 28.9. The Balaban J connectivity index is 1.60. The Hall–Kier alpha value is -3.40. The molecule has 3 aromatic rings. The van der Waals surface area contributed by atoms with Crippen molar-refractivity contribution < 1.29 is 9.59 Å². The Morgan fingerprint density at radius 2 is 1.49 bits per heavy atom. The molecule has 35 heavy (non-hydrogen) atoms. The van der Waals surface area contributed by atoms with Crippen molar-refractivity contribution in [3.8, 4) is 0 Å². The quantitative estimate of drug-likeness (QED) is 0.419. The Bertz CT molecular complexity index is 1070. The van der Waals surface area contributed by atoms with Gasteiger partial charge in [-0.15, -0.1) is 0 Å². The zero-order chi connectivity index (χ0) is 24.6. The van der Waals surface area contributed by atoms with Crippen LogP contribution in [0, 0.1) is 6.92 Å². The summed E-state index contributed by atoms with van der Waals surface area (Å²) >= 11 is 0. The first kappa shape index (κ1) is 24.7. The maximum atomic E-state index is 13.9. The van der Waals surface area contributed by atoms with Crippen molar-refractivity contribution in [1.29, 1.82) is 0 Å². The average Bonchev–Trinajstić information content (AvgIpc) is 3.39. The number of nitrogens with zero attached hydrogens (tertiary/aromatic N) is 1. The van der Waals surface area contributed by atoms with Crippen LogP contribution in [0.2, 0.25) is 0 Å². The number of hydrogen-bond acceptors (Lipinski definition) is 2. The molecule has 4 nitrogen and oxygen atoms in total.